The number of nitrogens with two attached hydrogens (primary N) is 1. The zero-order valence-corrected chi connectivity index (χ0v) is 9.64. The van der Waals surface area contributed by atoms with Crippen LogP contribution in [0.3, 0.4) is 0 Å². The first-order valence-corrected chi connectivity index (χ1v) is 5.41. The molecule has 1 aromatic heterocycles. The maximum Gasteiger partial charge on any atom is 0.119 e. The van der Waals surface area contributed by atoms with Crippen LogP contribution in [0.4, 0.5) is 4.39 Å². The van der Waals surface area contributed by atoms with E-state index in [-0.39, 0.29) is 13.2 Å². The van der Waals surface area contributed by atoms with Gasteiger partial charge in [-0.3, -0.25) is 5.10 Å². The van der Waals surface area contributed by atoms with Crippen LogP contribution < -0.4 is 10.5 Å². The van der Waals surface area contributed by atoms with E-state index in [4.69, 9.17) is 10.5 Å². The Morgan fingerprint density at radius 1 is 1.39 bits per heavy atom. The molecule has 2 aromatic rings. The van der Waals surface area contributed by atoms with E-state index in [1.807, 2.05) is 12.1 Å². The highest BCUT2D eigenvalue weighted by atomic mass is 19.1. The first-order chi connectivity index (χ1) is 8.83. The molecule has 2 rings (SSSR count). The summed E-state index contributed by atoms with van der Waals surface area (Å²) in [6.45, 7) is 0.298. The van der Waals surface area contributed by atoms with Gasteiger partial charge in [-0.15, -0.1) is 5.10 Å². The van der Waals surface area contributed by atoms with Crippen LogP contribution in [0.5, 0.6) is 5.75 Å². The van der Waals surface area contributed by atoms with Gasteiger partial charge in [0.25, 0.3) is 0 Å². The molecule has 0 amide bonds. The third kappa shape index (κ3) is 2.92. The molecule has 0 saturated carbocycles. The molecule has 1 aromatic carbocycles. The van der Waals surface area contributed by atoms with Crippen LogP contribution in [-0.2, 0) is 0 Å². The van der Waals surface area contributed by atoms with Crippen molar-refractivity contribution in [2.45, 2.75) is 0 Å². The van der Waals surface area contributed by atoms with Crippen LogP contribution in [0.2, 0.25) is 0 Å². The van der Waals surface area contributed by atoms with Crippen LogP contribution in [0, 0.1) is 0 Å². The van der Waals surface area contributed by atoms with Crippen molar-refractivity contribution in [3.8, 4) is 17.0 Å². The summed E-state index contributed by atoms with van der Waals surface area (Å²) < 4.78 is 17.7. The third-order valence-electron chi connectivity index (χ3n) is 2.42. The fourth-order valence-electron chi connectivity index (χ4n) is 1.38. The second-order valence-corrected chi connectivity index (χ2v) is 3.65. The Bertz CT molecular complexity index is 507. The molecule has 0 aliphatic carbocycles. The summed E-state index contributed by atoms with van der Waals surface area (Å²) in [4.78, 5) is 0. The highest BCUT2D eigenvalue weighted by Gasteiger charge is 2.01. The molecule has 94 valence electrons. The van der Waals surface area contributed by atoms with Crippen LogP contribution in [0.1, 0.15) is 0 Å². The van der Waals surface area contributed by atoms with Crippen LogP contribution in [0.25, 0.3) is 11.3 Å². The van der Waals surface area contributed by atoms with Gasteiger partial charge in [0, 0.05) is 17.7 Å². The second kappa shape index (κ2) is 5.92. The number of halogens is 1. The molecule has 5 nitrogen and oxygen atoms in total. The number of hydrogen-bond acceptors (Lipinski definition) is 4. The van der Waals surface area contributed by atoms with Crippen molar-refractivity contribution in [2.75, 3.05) is 13.2 Å². The molecule has 0 bridgehead atoms. The number of aromatic amines is 1. The van der Waals surface area contributed by atoms with E-state index in [0.717, 1.165) is 11.3 Å². The van der Waals surface area contributed by atoms with Gasteiger partial charge in [-0.25, -0.2) is 4.39 Å². The fraction of sp³-hybridized carbons (Fsp3) is 0.167. The van der Waals surface area contributed by atoms with E-state index in [0.29, 0.717) is 17.7 Å². The van der Waals surface area contributed by atoms with Gasteiger partial charge < -0.3 is 10.5 Å². The van der Waals surface area contributed by atoms with Crippen molar-refractivity contribution >= 4 is 0 Å². The number of H-pyrrole nitrogens is 1. The van der Waals surface area contributed by atoms with Gasteiger partial charge in [-0.05, 0) is 24.3 Å². The molecule has 3 N–H and O–H groups in total. The van der Waals surface area contributed by atoms with E-state index in [1.165, 1.54) is 0 Å². The van der Waals surface area contributed by atoms with Gasteiger partial charge in [0.1, 0.15) is 12.4 Å². The summed E-state index contributed by atoms with van der Waals surface area (Å²) in [6.07, 6.45) is 2.11. The molecule has 1 heterocycles. The maximum absolute atomic E-state index is 12.3. The lowest BCUT2D eigenvalue weighted by Gasteiger charge is -2.07. The molecular formula is C12H13FN4O. The second-order valence-electron chi connectivity index (χ2n) is 3.65. The minimum absolute atomic E-state index is 0.147. The minimum Gasteiger partial charge on any atom is -0.489 e. The van der Waals surface area contributed by atoms with E-state index in [1.54, 1.807) is 18.3 Å². The summed E-state index contributed by atoms with van der Waals surface area (Å²) in [5.41, 5.74) is 7.52. The van der Waals surface area contributed by atoms with Crippen molar-refractivity contribution in [3.05, 3.63) is 42.4 Å². The molecule has 0 fully saturated rings. The topological polar surface area (TPSA) is 76.8 Å². The van der Waals surface area contributed by atoms with Crippen LogP contribution in [0.15, 0.2) is 42.4 Å². The van der Waals surface area contributed by atoms with E-state index < -0.39 is 0 Å². The molecule has 18 heavy (non-hydrogen) atoms. The lowest BCUT2D eigenvalue weighted by atomic mass is 10.2. The molecule has 0 aliphatic rings. The van der Waals surface area contributed by atoms with Crippen molar-refractivity contribution in [3.63, 3.8) is 0 Å². The Morgan fingerprint density at radius 2 is 2.17 bits per heavy atom. The lowest BCUT2D eigenvalue weighted by Crippen LogP contribution is -2.10. The highest BCUT2D eigenvalue weighted by Crippen LogP contribution is 2.19. The first-order valence-electron chi connectivity index (χ1n) is 5.41. The number of benzene rings is 1. The average molecular weight is 248 g/mol. The standard InChI is InChI=1S/C12H13FN4O/c13-5-9(6-14)8-18-11-3-1-10(2-4-11)12-7-15-17-16-12/h1-5,7H,6,8,14H2,(H,15,16,17). The first kappa shape index (κ1) is 12.3. The predicted octanol–water partition coefficient (Wildman–Crippen LogP) is 1.66. The minimum atomic E-state index is 0.147. The van der Waals surface area contributed by atoms with E-state index in [9.17, 15) is 4.39 Å². The lowest BCUT2D eigenvalue weighted by molar-refractivity contribution is 0.347. The van der Waals surface area contributed by atoms with Gasteiger partial charge in [0.2, 0.25) is 0 Å². The molecule has 0 unspecified atom stereocenters. The van der Waals surface area contributed by atoms with Gasteiger partial charge in [-0.1, -0.05) is 5.21 Å². The number of aromatic nitrogens is 3. The highest BCUT2D eigenvalue weighted by molar-refractivity contribution is 5.58. The van der Waals surface area contributed by atoms with Gasteiger partial charge in [0.05, 0.1) is 18.2 Å². The van der Waals surface area contributed by atoms with Crippen LogP contribution >= 0.6 is 0 Å². The normalized spacial score (nSPS) is 11.6. The Balaban J connectivity index is 2.00. The molecule has 0 aliphatic heterocycles. The molecule has 0 spiro atoms. The molecule has 0 radical (unpaired) electrons. The van der Waals surface area contributed by atoms with Crippen molar-refractivity contribution < 1.29 is 9.13 Å². The fourth-order valence-corrected chi connectivity index (χ4v) is 1.38. The number of ether oxygens (including phenoxy) is 1. The number of rotatable bonds is 5. The summed E-state index contributed by atoms with van der Waals surface area (Å²) in [6, 6.07) is 7.32. The van der Waals surface area contributed by atoms with Crippen molar-refractivity contribution in [1.82, 2.24) is 15.4 Å². The maximum atomic E-state index is 12.3. The third-order valence-corrected chi connectivity index (χ3v) is 2.42. The van der Waals surface area contributed by atoms with E-state index in [2.05, 4.69) is 15.4 Å². The quantitative estimate of drug-likeness (QED) is 0.843. The summed E-state index contributed by atoms with van der Waals surface area (Å²) >= 11 is 0. The Labute approximate surface area is 103 Å². The number of nitrogens with one attached hydrogen (secondary N) is 1. The number of hydrogen-bond donors (Lipinski definition) is 2. The summed E-state index contributed by atoms with van der Waals surface area (Å²) in [7, 11) is 0. The zero-order chi connectivity index (χ0) is 12.8. The summed E-state index contributed by atoms with van der Waals surface area (Å²) in [5.74, 6) is 0.652. The van der Waals surface area contributed by atoms with Crippen molar-refractivity contribution in [1.29, 1.82) is 0 Å². The predicted molar refractivity (Wildman–Crippen MR) is 65.6 cm³/mol. The zero-order valence-electron chi connectivity index (χ0n) is 9.64. The Hall–Kier alpha value is -2.21. The SMILES string of the molecule is NCC(=CF)COc1ccc(-c2cnn[nH]2)cc1. The largest absolute Gasteiger partial charge is 0.489 e. The van der Waals surface area contributed by atoms with Gasteiger partial charge >= 0.3 is 0 Å². The van der Waals surface area contributed by atoms with Crippen molar-refractivity contribution in [2.24, 2.45) is 5.73 Å². The van der Waals surface area contributed by atoms with Gasteiger partial charge in [0.15, 0.2) is 0 Å². The Morgan fingerprint density at radius 3 is 2.72 bits per heavy atom. The smallest absolute Gasteiger partial charge is 0.119 e. The Kier molecular flexibility index (Phi) is 4.03. The molecule has 0 atom stereocenters. The van der Waals surface area contributed by atoms with Crippen LogP contribution in [-0.4, -0.2) is 28.6 Å². The number of nitrogens with zero attached hydrogens (tertiary/aromatic N) is 2. The average Bonchev–Trinajstić information content (AvgIpc) is 2.94. The summed E-state index contributed by atoms with van der Waals surface area (Å²) in [5, 5.41) is 10.1. The van der Waals surface area contributed by atoms with Gasteiger partial charge in [-0.2, -0.15) is 0 Å². The molecule has 0 saturated heterocycles. The molecule has 6 heteroatoms. The van der Waals surface area contributed by atoms with E-state index >= 15 is 0 Å². The monoisotopic (exact) mass is 248 g/mol. The molecular weight excluding hydrogens is 235 g/mol.